The molecule has 3 aromatic rings. The Morgan fingerprint density at radius 2 is 1.87 bits per heavy atom. The van der Waals surface area contributed by atoms with E-state index in [1.54, 1.807) is 0 Å². The van der Waals surface area contributed by atoms with E-state index >= 15 is 0 Å². The highest BCUT2D eigenvalue weighted by Gasteiger charge is 2.42. The van der Waals surface area contributed by atoms with Gasteiger partial charge in [-0.1, -0.05) is 40.2 Å². The Balaban J connectivity index is 1.86. The van der Waals surface area contributed by atoms with Gasteiger partial charge in [0.1, 0.15) is 0 Å². The van der Waals surface area contributed by atoms with Crippen molar-refractivity contribution < 1.29 is 5.11 Å². The Labute approximate surface area is 141 Å². The van der Waals surface area contributed by atoms with Gasteiger partial charge in [-0.3, -0.25) is 4.57 Å². The molecule has 23 heavy (non-hydrogen) atoms. The maximum Gasteiger partial charge on any atom is 0.336 e. The van der Waals surface area contributed by atoms with Gasteiger partial charge in [-0.2, -0.15) is 0 Å². The average molecular weight is 371 g/mol. The lowest BCUT2D eigenvalue weighted by Gasteiger charge is -2.11. The number of nitrogens with zero attached hydrogens (tertiary/aromatic N) is 2. The monoisotopic (exact) mass is 370 g/mol. The zero-order valence-electron chi connectivity index (χ0n) is 12.4. The molecule has 4 nitrogen and oxygen atoms in total. The zero-order valence-corrected chi connectivity index (χ0v) is 14.0. The van der Waals surface area contributed by atoms with Crippen LogP contribution in [0.3, 0.4) is 0 Å². The van der Waals surface area contributed by atoms with Gasteiger partial charge in [-0.15, -0.1) is 0 Å². The van der Waals surface area contributed by atoms with Crippen LogP contribution in [-0.4, -0.2) is 14.2 Å². The summed E-state index contributed by atoms with van der Waals surface area (Å²) in [5.74, 6) is 0.449. The highest BCUT2D eigenvalue weighted by atomic mass is 79.9. The van der Waals surface area contributed by atoms with Gasteiger partial charge in [0.15, 0.2) is 0 Å². The van der Waals surface area contributed by atoms with Crippen LogP contribution >= 0.6 is 15.9 Å². The number of aromatic hydroxyl groups is 1. The van der Waals surface area contributed by atoms with Crippen LogP contribution in [0.5, 0.6) is 5.88 Å². The van der Waals surface area contributed by atoms with Crippen LogP contribution in [0.1, 0.15) is 36.9 Å². The van der Waals surface area contributed by atoms with Gasteiger partial charge in [0, 0.05) is 21.8 Å². The molecule has 1 N–H and O–H groups in total. The van der Waals surface area contributed by atoms with Crippen molar-refractivity contribution >= 4 is 26.7 Å². The highest BCUT2D eigenvalue weighted by molar-refractivity contribution is 9.10. The standard InChI is InChI=1S/C18H15BrN2O2/c19-14-7-8-15(13-4-2-1-3-12(13)14)21-17(22)16-10-5-6-11(9-10)20(16)18(21)23/h1-4,7-8,10-11,22H,5-6,9H2/t10-,11+/m1/s1. The average Bonchev–Trinajstić information content (AvgIpc) is 3.24. The molecule has 2 aliphatic rings. The molecule has 0 unspecified atom stereocenters. The summed E-state index contributed by atoms with van der Waals surface area (Å²) in [6, 6.07) is 12.0. The second-order valence-corrected chi connectivity index (χ2v) is 7.33. The summed E-state index contributed by atoms with van der Waals surface area (Å²) in [6.07, 6.45) is 3.12. The number of benzene rings is 2. The van der Waals surface area contributed by atoms with Crippen molar-refractivity contribution in [1.82, 2.24) is 9.13 Å². The summed E-state index contributed by atoms with van der Waals surface area (Å²) in [7, 11) is 0. The van der Waals surface area contributed by atoms with E-state index in [-0.39, 0.29) is 17.6 Å². The molecular formula is C18H15BrN2O2. The van der Waals surface area contributed by atoms with Crippen molar-refractivity contribution in [2.24, 2.45) is 0 Å². The first-order valence-electron chi connectivity index (χ1n) is 7.90. The lowest BCUT2D eigenvalue weighted by atomic mass is 10.1. The molecule has 1 fully saturated rings. The predicted molar refractivity (Wildman–Crippen MR) is 92.5 cm³/mol. The van der Waals surface area contributed by atoms with Crippen molar-refractivity contribution in [3.63, 3.8) is 0 Å². The zero-order chi connectivity index (χ0) is 15.7. The lowest BCUT2D eigenvalue weighted by molar-refractivity contribution is 0.428. The molecule has 0 amide bonds. The molecule has 5 rings (SSSR count). The number of aromatic nitrogens is 2. The number of halogens is 1. The molecule has 5 heteroatoms. The summed E-state index contributed by atoms with van der Waals surface area (Å²) in [5.41, 5.74) is 1.46. The first-order chi connectivity index (χ1) is 11.2. The molecule has 2 atom stereocenters. The Kier molecular flexibility index (Phi) is 2.63. The van der Waals surface area contributed by atoms with Crippen molar-refractivity contribution in [3.8, 4) is 11.6 Å². The van der Waals surface area contributed by atoms with E-state index < -0.39 is 0 Å². The van der Waals surface area contributed by atoms with E-state index in [0.717, 1.165) is 45.9 Å². The van der Waals surface area contributed by atoms with Gasteiger partial charge >= 0.3 is 5.69 Å². The summed E-state index contributed by atoms with van der Waals surface area (Å²) < 4.78 is 4.28. The van der Waals surface area contributed by atoms with E-state index in [2.05, 4.69) is 15.9 Å². The Hall–Kier alpha value is -2.01. The lowest BCUT2D eigenvalue weighted by Crippen LogP contribution is -2.25. The van der Waals surface area contributed by atoms with Crippen molar-refractivity contribution in [2.75, 3.05) is 0 Å². The van der Waals surface area contributed by atoms with Gasteiger partial charge in [0.05, 0.1) is 11.4 Å². The van der Waals surface area contributed by atoms with E-state index in [0.29, 0.717) is 5.92 Å². The minimum atomic E-state index is -0.114. The Morgan fingerprint density at radius 1 is 1.09 bits per heavy atom. The molecule has 2 heterocycles. The van der Waals surface area contributed by atoms with Crippen LogP contribution in [0.25, 0.3) is 16.5 Å². The molecule has 0 spiro atoms. The number of fused-ring (bicyclic) bond motifs is 6. The predicted octanol–water partition coefficient (Wildman–Crippen LogP) is 4.08. The van der Waals surface area contributed by atoms with Crippen LogP contribution in [0.2, 0.25) is 0 Å². The van der Waals surface area contributed by atoms with Gasteiger partial charge in [-0.05, 0) is 36.8 Å². The van der Waals surface area contributed by atoms with Gasteiger partial charge in [0.2, 0.25) is 5.88 Å². The minimum absolute atomic E-state index is 0.114. The second kappa shape index (κ2) is 4.51. The first-order valence-corrected chi connectivity index (χ1v) is 8.70. The number of rotatable bonds is 1. The number of imidazole rings is 1. The van der Waals surface area contributed by atoms with Crippen LogP contribution in [0, 0.1) is 0 Å². The fourth-order valence-corrected chi connectivity index (χ4v) is 4.83. The Bertz CT molecular complexity index is 1020. The molecule has 0 radical (unpaired) electrons. The van der Waals surface area contributed by atoms with Crippen LogP contribution < -0.4 is 5.69 Å². The van der Waals surface area contributed by atoms with E-state index in [1.807, 2.05) is 41.0 Å². The largest absolute Gasteiger partial charge is 0.493 e. The molecule has 2 bridgehead atoms. The molecule has 1 saturated carbocycles. The van der Waals surface area contributed by atoms with E-state index in [4.69, 9.17) is 0 Å². The van der Waals surface area contributed by atoms with Crippen molar-refractivity contribution in [1.29, 1.82) is 0 Å². The smallest absolute Gasteiger partial charge is 0.336 e. The number of hydrogen-bond acceptors (Lipinski definition) is 2. The quantitative estimate of drug-likeness (QED) is 0.701. The molecule has 1 aliphatic heterocycles. The van der Waals surface area contributed by atoms with Crippen LogP contribution in [-0.2, 0) is 0 Å². The van der Waals surface area contributed by atoms with Gasteiger partial charge < -0.3 is 5.11 Å². The third kappa shape index (κ3) is 1.63. The van der Waals surface area contributed by atoms with E-state index in [1.165, 1.54) is 4.57 Å². The van der Waals surface area contributed by atoms with Crippen LogP contribution in [0.15, 0.2) is 45.7 Å². The third-order valence-electron chi connectivity index (χ3n) is 5.34. The molecule has 1 aliphatic carbocycles. The molecule has 2 aromatic carbocycles. The first kappa shape index (κ1) is 13.4. The highest BCUT2D eigenvalue weighted by Crippen LogP contribution is 2.51. The van der Waals surface area contributed by atoms with Crippen LogP contribution in [0.4, 0.5) is 0 Å². The fourth-order valence-electron chi connectivity index (χ4n) is 4.35. The van der Waals surface area contributed by atoms with Gasteiger partial charge in [-0.25, -0.2) is 9.36 Å². The summed E-state index contributed by atoms with van der Waals surface area (Å²) in [4.78, 5) is 13.0. The normalized spacial score (nSPS) is 22.0. The molecule has 1 aromatic heterocycles. The van der Waals surface area contributed by atoms with Gasteiger partial charge in [0.25, 0.3) is 0 Å². The maximum atomic E-state index is 13.0. The third-order valence-corrected chi connectivity index (χ3v) is 6.03. The van der Waals surface area contributed by atoms with E-state index in [9.17, 15) is 9.90 Å². The Morgan fingerprint density at radius 3 is 2.65 bits per heavy atom. The molecule has 116 valence electrons. The summed E-state index contributed by atoms with van der Waals surface area (Å²) in [6.45, 7) is 0. The molecular weight excluding hydrogens is 356 g/mol. The van der Waals surface area contributed by atoms with Crippen molar-refractivity contribution in [3.05, 3.63) is 57.0 Å². The SMILES string of the molecule is O=c1n(-c2ccc(Br)c3ccccc23)c(O)c2n1[C@H]1CC[C@@H]2C1. The fraction of sp³-hybridized carbons (Fsp3) is 0.278. The minimum Gasteiger partial charge on any atom is -0.493 e. The topological polar surface area (TPSA) is 47.2 Å². The van der Waals surface area contributed by atoms with Crippen molar-refractivity contribution in [2.45, 2.75) is 31.2 Å². The number of hydrogen-bond donors (Lipinski definition) is 1. The molecule has 0 saturated heterocycles. The maximum absolute atomic E-state index is 13.0. The second-order valence-electron chi connectivity index (χ2n) is 6.47. The summed E-state index contributed by atoms with van der Waals surface area (Å²) >= 11 is 3.56. The summed E-state index contributed by atoms with van der Waals surface area (Å²) in [5, 5.41) is 12.8.